The molecule has 1 aromatic heterocycles. The molecule has 180 valence electrons. The first-order valence-electron chi connectivity index (χ1n) is 10.6. The van der Waals surface area contributed by atoms with Gasteiger partial charge in [-0.1, -0.05) is 29.8 Å². The van der Waals surface area contributed by atoms with Crippen LogP contribution in [0.2, 0.25) is 5.02 Å². The molecule has 1 amide bonds. The Hall–Kier alpha value is -4.22. The summed E-state index contributed by atoms with van der Waals surface area (Å²) >= 11 is 7.41. The van der Waals surface area contributed by atoms with Crippen LogP contribution in [0.4, 0.5) is 5.69 Å². The van der Waals surface area contributed by atoms with Crippen molar-refractivity contribution in [2.24, 2.45) is 10.1 Å². The molecule has 5 rings (SSSR count). The number of furan rings is 1. The van der Waals surface area contributed by atoms with Gasteiger partial charge in [-0.25, -0.2) is 0 Å². The van der Waals surface area contributed by atoms with Gasteiger partial charge in [-0.15, -0.1) is 0 Å². The minimum absolute atomic E-state index is 0.0365. The summed E-state index contributed by atoms with van der Waals surface area (Å²) in [6, 6.07) is 14.7. The second-order valence-electron chi connectivity index (χ2n) is 7.48. The number of hydrazone groups is 1. The molecule has 10 nitrogen and oxygen atoms in total. The highest BCUT2D eigenvalue weighted by molar-refractivity contribution is 8.27. The number of fused-ring (bicyclic) bond motifs is 1. The molecule has 2 aliphatic heterocycles. The highest BCUT2D eigenvalue weighted by atomic mass is 35.5. The highest BCUT2D eigenvalue weighted by Gasteiger charge is 2.36. The molecule has 12 heteroatoms. The molecule has 0 radical (unpaired) electrons. The summed E-state index contributed by atoms with van der Waals surface area (Å²) in [7, 11) is 0. The Labute approximate surface area is 213 Å². The minimum atomic E-state index is -0.626. The number of amides is 1. The zero-order chi connectivity index (χ0) is 25.4. The molecule has 0 fully saturated rings. The van der Waals surface area contributed by atoms with E-state index in [0.717, 1.165) is 11.8 Å². The zero-order valence-electron chi connectivity index (χ0n) is 18.6. The molecule has 2 aromatic carbocycles. The monoisotopic (exact) mass is 521 g/mol. The van der Waals surface area contributed by atoms with Gasteiger partial charge in [0.2, 0.25) is 5.17 Å². The number of nitrogens with one attached hydrogen (secondary N) is 1. The summed E-state index contributed by atoms with van der Waals surface area (Å²) in [5.41, 5.74) is 0.703. The van der Waals surface area contributed by atoms with E-state index in [1.807, 2.05) is 6.07 Å². The lowest BCUT2D eigenvalue weighted by molar-refractivity contribution is -0.384. The molecule has 0 atom stereocenters. The number of benzene rings is 2. The topological polar surface area (TPSA) is 134 Å². The van der Waals surface area contributed by atoms with Crippen LogP contribution in [0.1, 0.15) is 18.2 Å². The molecule has 0 saturated carbocycles. The van der Waals surface area contributed by atoms with Gasteiger partial charge in [0.25, 0.3) is 11.6 Å². The Morgan fingerprint density at radius 2 is 2.03 bits per heavy atom. The van der Waals surface area contributed by atoms with Gasteiger partial charge in [-0.3, -0.25) is 20.3 Å². The third-order valence-electron chi connectivity index (χ3n) is 5.21. The molecule has 0 bridgehead atoms. The molecule has 3 aromatic rings. The fourth-order valence-electron chi connectivity index (χ4n) is 3.58. The van der Waals surface area contributed by atoms with Crippen LogP contribution in [0.25, 0.3) is 17.4 Å². The van der Waals surface area contributed by atoms with Crippen LogP contribution in [0.3, 0.4) is 0 Å². The van der Waals surface area contributed by atoms with E-state index in [-0.39, 0.29) is 39.3 Å². The maximum absolute atomic E-state index is 12.7. The predicted octanol–water partition coefficient (Wildman–Crippen LogP) is 5.57. The number of nitro groups is 1. The Bertz CT molecular complexity index is 1530. The zero-order valence-corrected chi connectivity index (χ0v) is 20.2. The summed E-state index contributed by atoms with van der Waals surface area (Å²) in [6.07, 6.45) is 1.36. The van der Waals surface area contributed by atoms with Crippen LogP contribution in [0.15, 0.2) is 74.7 Å². The van der Waals surface area contributed by atoms with Crippen molar-refractivity contribution in [2.75, 3.05) is 6.61 Å². The number of aliphatic imine (C=N–C) groups is 1. The number of nitro benzene ring substituents is 1. The number of carbonyl (C=O) groups is 1. The number of hydrogen-bond donors (Lipinski definition) is 1. The van der Waals surface area contributed by atoms with Crippen molar-refractivity contribution < 1.29 is 18.9 Å². The van der Waals surface area contributed by atoms with Crippen molar-refractivity contribution in [1.29, 1.82) is 5.41 Å². The Morgan fingerprint density at radius 1 is 1.22 bits per heavy atom. The lowest BCUT2D eigenvalue weighted by Gasteiger charge is -2.19. The van der Waals surface area contributed by atoms with Crippen LogP contribution in [-0.2, 0) is 4.79 Å². The molecule has 3 heterocycles. The molecule has 0 spiro atoms. The average molecular weight is 522 g/mol. The number of nitrogens with zero attached hydrogens (tertiary/aromatic N) is 4. The van der Waals surface area contributed by atoms with E-state index in [1.165, 1.54) is 23.2 Å². The fraction of sp³-hybridized carbons (Fsp3) is 0.0833. The summed E-state index contributed by atoms with van der Waals surface area (Å²) in [4.78, 5) is 27.9. The van der Waals surface area contributed by atoms with Crippen LogP contribution in [-0.4, -0.2) is 38.5 Å². The van der Waals surface area contributed by atoms with Gasteiger partial charge in [0.15, 0.2) is 5.84 Å². The average Bonchev–Trinajstić information content (AvgIpc) is 3.49. The number of carbonyl (C=O) groups excluding carboxylic acids is 1. The molecule has 0 aliphatic carbocycles. The normalized spacial score (nSPS) is 16.2. The first kappa shape index (κ1) is 23.5. The SMILES string of the molecule is CCOc1ccc(-c2ccc(/C=C3\C(=N)N4N=C(c5ccccc5Cl)SC4=NC3=O)o2)c([N+](=O)[O-])c1. The predicted molar refractivity (Wildman–Crippen MR) is 138 cm³/mol. The van der Waals surface area contributed by atoms with Gasteiger partial charge >= 0.3 is 0 Å². The Balaban J connectivity index is 1.45. The number of rotatable bonds is 6. The first-order chi connectivity index (χ1) is 17.4. The number of halogens is 1. The van der Waals surface area contributed by atoms with E-state index < -0.39 is 10.8 Å². The number of hydrogen-bond acceptors (Lipinski definition) is 8. The number of ether oxygens (including phenoxy) is 1. The maximum Gasteiger partial charge on any atom is 0.284 e. The van der Waals surface area contributed by atoms with Crippen molar-refractivity contribution in [2.45, 2.75) is 6.92 Å². The molecule has 0 unspecified atom stereocenters. The summed E-state index contributed by atoms with van der Waals surface area (Å²) < 4.78 is 11.1. The van der Waals surface area contributed by atoms with E-state index in [0.29, 0.717) is 28.0 Å². The molecule has 36 heavy (non-hydrogen) atoms. The van der Waals surface area contributed by atoms with Crippen LogP contribution in [0, 0.1) is 15.5 Å². The third-order valence-corrected chi connectivity index (χ3v) is 6.49. The highest BCUT2D eigenvalue weighted by Crippen LogP contribution is 2.36. The van der Waals surface area contributed by atoms with Gasteiger partial charge in [0.1, 0.15) is 22.3 Å². The van der Waals surface area contributed by atoms with E-state index in [9.17, 15) is 14.9 Å². The van der Waals surface area contributed by atoms with Gasteiger partial charge < -0.3 is 9.15 Å². The van der Waals surface area contributed by atoms with Gasteiger partial charge in [0, 0.05) is 5.56 Å². The molecule has 2 aliphatic rings. The number of thioether (sulfide) groups is 1. The standard InChI is InChI=1S/C24H16ClN5O5S/c1-2-34-13-7-9-16(19(12-13)30(32)33)20-10-8-14(35-20)11-17-21(26)29-24(27-22(17)31)36-23(28-29)15-5-3-4-6-18(15)25/h3-12,26H,2H2,1H3/b17-11+,26-21?. The summed E-state index contributed by atoms with van der Waals surface area (Å²) in [6.45, 7) is 2.16. The smallest absolute Gasteiger partial charge is 0.284 e. The second kappa shape index (κ2) is 9.44. The first-order valence-corrected chi connectivity index (χ1v) is 11.8. The second-order valence-corrected chi connectivity index (χ2v) is 8.84. The van der Waals surface area contributed by atoms with Gasteiger partial charge in [-0.05, 0) is 55.1 Å². The van der Waals surface area contributed by atoms with E-state index in [2.05, 4.69) is 10.1 Å². The van der Waals surface area contributed by atoms with Crippen LogP contribution >= 0.6 is 23.4 Å². The fourth-order valence-corrected chi connectivity index (χ4v) is 4.79. The van der Waals surface area contributed by atoms with Crippen molar-refractivity contribution in [3.8, 4) is 17.1 Å². The van der Waals surface area contributed by atoms with Crippen LogP contribution in [0.5, 0.6) is 5.75 Å². The lowest BCUT2D eigenvalue weighted by Crippen LogP contribution is -2.35. The third kappa shape index (κ3) is 4.30. The lowest BCUT2D eigenvalue weighted by atomic mass is 10.1. The molecular weight excluding hydrogens is 506 g/mol. The molecule has 1 N–H and O–H groups in total. The van der Waals surface area contributed by atoms with Crippen LogP contribution < -0.4 is 4.74 Å². The largest absolute Gasteiger partial charge is 0.494 e. The maximum atomic E-state index is 12.7. The van der Waals surface area contributed by atoms with Crippen molar-refractivity contribution >= 4 is 57.1 Å². The van der Waals surface area contributed by atoms with E-state index in [1.54, 1.807) is 43.3 Å². The Kier molecular flexibility index (Phi) is 6.17. The van der Waals surface area contributed by atoms with Gasteiger partial charge in [-0.2, -0.15) is 15.1 Å². The molecule has 0 saturated heterocycles. The number of amidine groups is 2. The minimum Gasteiger partial charge on any atom is -0.494 e. The van der Waals surface area contributed by atoms with Crippen molar-refractivity contribution in [3.05, 3.63) is 86.6 Å². The summed E-state index contributed by atoms with van der Waals surface area (Å²) in [5, 5.41) is 27.1. The van der Waals surface area contributed by atoms with E-state index >= 15 is 0 Å². The van der Waals surface area contributed by atoms with Gasteiger partial charge in [0.05, 0.1) is 33.8 Å². The Morgan fingerprint density at radius 3 is 2.78 bits per heavy atom. The summed E-state index contributed by atoms with van der Waals surface area (Å²) in [5.74, 6) is 0.0225. The van der Waals surface area contributed by atoms with E-state index in [4.69, 9.17) is 26.2 Å². The van der Waals surface area contributed by atoms with Crippen molar-refractivity contribution in [3.63, 3.8) is 0 Å². The molecular formula is C24H16ClN5O5S. The quantitative estimate of drug-likeness (QED) is 0.254. The van der Waals surface area contributed by atoms with Crippen molar-refractivity contribution in [1.82, 2.24) is 5.01 Å².